The average molecular weight is 425 g/mol. The summed E-state index contributed by atoms with van der Waals surface area (Å²) in [6, 6.07) is 8.86. The van der Waals surface area contributed by atoms with E-state index < -0.39 is 9.84 Å². The van der Waals surface area contributed by atoms with E-state index in [1.807, 2.05) is 12.1 Å². The van der Waals surface area contributed by atoms with E-state index in [-0.39, 0.29) is 0 Å². The van der Waals surface area contributed by atoms with Gasteiger partial charge in [-0.25, -0.2) is 8.42 Å². The van der Waals surface area contributed by atoms with Gasteiger partial charge in [0.05, 0.1) is 8.68 Å². The normalized spacial score (nSPS) is 11.5. The van der Waals surface area contributed by atoms with E-state index in [0.717, 1.165) is 18.8 Å². The van der Waals surface area contributed by atoms with Crippen molar-refractivity contribution < 1.29 is 8.42 Å². The number of hydrogen-bond acceptors (Lipinski definition) is 4. The van der Waals surface area contributed by atoms with E-state index in [4.69, 9.17) is 0 Å². The van der Waals surface area contributed by atoms with Crippen molar-refractivity contribution in [1.82, 2.24) is 0 Å². The van der Waals surface area contributed by atoms with E-state index >= 15 is 0 Å². The van der Waals surface area contributed by atoms with E-state index in [9.17, 15) is 8.42 Å². The number of anilines is 1. The molecular weight excluding hydrogens is 414 g/mol. The fourth-order valence-corrected chi connectivity index (χ4v) is 4.29. The Morgan fingerprint density at radius 1 is 1.26 bits per heavy atom. The summed E-state index contributed by atoms with van der Waals surface area (Å²) in [4.78, 5) is 1.48. The second-order valence-electron chi connectivity index (χ2n) is 3.99. The molecule has 102 valence electrons. The van der Waals surface area contributed by atoms with Crippen LogP contribution in [0.3, 0.4) is 0 Å². The fourth-order valence-electron chi connectivity index (χ4n) is 1.50. The molecule has 0 unspecified atom stereocenters. The number of halogens is 2. The van der Waals surface area contributed by atoms with Gasteiger partial charge in [0, 0.05) is 27.8 Å². The molecule has 0 aliphatic carbocycles. The van der Waals surface area contributed by atoms with Crippen LogP contribution in [0.4, 0.5) is 5.69 Å². The van der Waals surface area contributed by atoms with Crippen LogP contribution in [-0.2, 0) is 16.4 Å². The smallest absolute Gasteiger partial charge is 0.175 e. The Kier molecular flexibility index (Phi) is 4.70. The monoisotopic (exact) mass is 423 g/mol. The van der Waals surface area contributed by atoms with Crippen LogP contribution in [0.25, 0.3) is 0 Å². The van der Waals surface area contributed by atoms with Gasteiger partial charge in [-0.3, -0.25) is 0 Å². The van der Waals surface area contributed by atoms with Crippen molar-refractivity contribution in [2.24, 2.45) is 0 Å². The lowest BCUT2D eigenvalue weighted by Crippen LogP contribution is -2.01. The maximum absolute atomic E-state index is 11.5. The number of rotatable bonds is 4. The molecule has 19 heavy (non-hydrogen) atoms. The molecule has 0 bridgehead atoms. The van der Waals surface area contributed by atoms with Crippen LogP contribution in [0.5, 0.6) is 0 Å². The van der Waals surface area contributed by atoms with Crippen molar-refractivity contribution in [3.8, 4) is 0 Å². The van der Waals surface area contributed by atoms with Crippen molar-refractivity contribution in [2.75, 3.05) is 11.6 Å². The molecule has 2 rings (SSSR count). The Morgan fingerprint density at radius 3 is 2.58 bits per heavy atom. The summed E-state index contributed by atoms with van der Waals surface area (Å²) >= 11 is 8.51. The van der Waals surface area contributed by atoms with Crippen molar-refractivity contribution in [3.05, 3.63) is 43.5 Å². The molecule has 3 nitrogen and oxygen atoms in total. The van der Waals surface area contributed by atoms with Gasteiger partial charge in [0.15, 0.2) is 9.84 Å². The molecule has 1 aromatic carbocycles. The van der Waals surface area contributed by atoms with E-state index in [2.05, 4.69) is 37.2 Å². The number of hydrogen-bond donors (Lipinski definition) is 1. The summed E-state index contributed by atoms with van der Waals surface area (Å²) in [6.07, 6.45) is 1.21. The molecule has 0 amide bonds. The summed E-state index contributed by atoms with van der Waals surface area (Å²) in [5.74, 6) is 0. The van der Waals surface area contributed by atoms with Crippen LogP contribution in [0, 0.1) is 0 Å². The Bertz CT molecular complexity index is 676. The van der Waals surface area contributed by atoms with Gasteiger partial charge in [-0.1, -0.05) is 6.07 Å². The molecule has 2 aromatic rings. The first-order chi connectivity index (χ1) is 8.86. The number of benzene rings is 1. The van der Waals surface area contributed by atoms with Crippen molar-refractivity contribution >= 4 is 58.7 Å². The van der Waals surface area contributed by atoms with Crippen LogP contribution in [-0.4, -0.2) is 14.7 Å². The quantitative estimate of drug-likeness (QED) is 0.796. The molecule has 0 aliphatic rings. The van der Waals surface area contributed by atoms with Gasteiger partial charge in [-0.15, -0.1) is 11.3 Å². The number of nitrogens with one attached hydrogen (secondary N) is 1. The van der Waals surface area contributed by atoms with Gasteiger partial charge in [0.2, 0.25) is 0 Å². The molecule has 1 N–H and O–H groups in total. The summed E-state index contributed by atoms with van der Waals surface area (Å²) in [6.45, 7) is 0.655. The van der Waals surface area contributed by atoms with Crippen molar-refractivity contribution in [3.63, 3.8) is 0 Å². The molecule has 0 saturated carbocycles. The third-order valence-corrected chi connectivity index (χ3v) is 6.79. The number of sulfone groups is 1. The molecule has 0 saturated heterocycles. The Labute approximate surface area is 133 Å². The molecule has 1 heterocycles. The summed E-state index contributed by atoms with van der Waals surface area (Å²) in [7, 11) is -3.16. The minimum atomic E-state index is -3.16. The number of thiophene rings is 1. The minimum Gasteiger partial charge on any atom is -0.380 e. The zero-order valence-corrected chi connectivity index (χ0v) is 14.8. The fraction of sp³-hybridized carbons (Fsp3) is 0.167. The first-order valence-corrected chi connectivity index (χ1v) is 9.63. The molecule has 0 atom stereocenters. The Morgan fingerprint density at radius 2 is 2.00 bits per heavy atom. The topological polar surface area (TPSA) is 46.2 Å². The molecule has 0 radical (unpaired) electrons. The maximum atomic E-state index is 11.5. The summed E-state index contributed by atoms with van der Waals surface area (Å²) < 4.78 is 25.0. The van der Waals surface area contributed by atoms with Gasteiger partial charge in [-0.05, 0) is 56.1 Å². The lowest BCUT2D eigenvalue weighted by Gasteiger charge is -2.06. The third-order valence-electron chi connectivity index (χ3n) is 2.43. The standard InChI is InChI=1S/C12H11Br2NO2S2/c1-19(16,17)10-4-2-3-8(5-10)15-7-9-6-11(13)12(14)18-9/h2-6,15H,7H2,1H3. The van der Waals surface area contributed by atoms with Gasteiger partial charge in [0.1, 0.15) is 0 Å². The molecule has 0 aliphatic heterocycles. The lowest BCUT2D eigenvalue weighted by molar-refractivity contribution is 0.602. The SMILES string of the molecule is CS(=O)(=O)c1cccc(NCc2cc(Br)c(Br)s2)c1. The van der Waals surface area contributed by atoms with Crippen LogP contribution in [0.1, 0.15) is 4.88 Å². The van der Waals surface area contributed by atoms with E-state index in [1.54, 1.807) is 29.5 Å². The second-order valence-corrected chi connectivity index (χ2v) is 9.31. The zero-order chi connectivity index (χ0) is 14.0. The molecular formula is C12H11Br2NO2S2. The van der Waals surface area contributed by atoms with E-state index in [0.29, 0.717) is 11.4 Å². The largest absolute Gasteiger partial charge is 0.380 e. The predicted octanol–water partition coefficient (Wildman–Crippen LogP) is 4.29. The highest BCUT2D eigenvalue weighted by molar-refractivity contribution is 9.13. The molecule has 0 spiro atoms. The second kappa shape index (κ2) is 5.95. The summed E-state index contributed by atoms with van der Waals surface area (Å²) in [5, 5.41) is 3.22. The highest BCUT2D eigenvalue weighted by Gasteiger charge is 2.08. The van der Waals surface area contributed by atoms with Crippen molar-refractivity contribution in [2.45, 2.75) is 11.4 Å². The highest BCUT2D eigenvalue weighted by atomic mass is 79.9. The predicted molar refractivity (Wildman–Crippen MR) is 86.6 cm³/mol. The molecule has 7 heteroatoms. The third kappa shape index (κ3) is 4.05. The zero-order valence-electron chi connectivity index (χ0n) is 9.98. The van der Waals surface area contributed by atoms with Crippen molar-refractivity contribution in [1.29, 1.82) is 0 Å². The van der Waals surface area contributed by atoms with E-state index in [1.165, 1.54) is 6.26 Å². The van der Waals surface area contributed by atoms with Crippen LogP contribution in [0.15, 0.2) is 43.5 Å². The van der Waals surface area contributed by atoms with Gasteiger partial charge in [0.25, 0.3) is 0 Å². The maximum Gasteiger partial charge on any atom is 0.175 e. The first-order valence-electron chi connectivity index (χ1n) is 5.34. The van der Waals surface area contributed by atoms with Gasteiger partial charge >= 0.3 is 0 Å². The average Bonchev–Trinajstić information content (AvgIpc) is 2.66. The lowest BCUT2D eigenvalue weighted by atomic mass is 10.3. The molecule has 1 aromatic heterocycles. The minimum absolute atomic E-state index is 0.325. The van der Waals surface area contributed by atoms with Crippen LogP contribution in [0.2, 0.25) is 0 Å². The van der Waals surface area contributed by atoms with Crippen LogP contribution < -0.4 is 5.32 Å². The Hall–Kier alpha value is -0.370. The Balaban J connectivity index is 2.12. The van der Waals surface area contributed by atoms with Gasteiger partial charge in [-0.2, -0.15) is 0 Å². The highest BCUT2D eigenvalue weighted by Crippen LogP contribution is 2.32. The molecule has 0 fully saturated rings. The van der Waals surface area contributed by atoms with Crippen LogP contribution >= 0.6 is 43.2 Å². The van der Waals surface area contributed by atoms with Gasteiger partial charge < -0.3 is 5.32 Å². The summed E-state index contributed by atoms with van der Waals surface area (Å²) in [5.41, 5.74) is 0.795. The first kappa shape index (κ1) is 15.0.